The lowest BCUT2D eigenvalue weighted by Gasteiger charge is -2.11. The van der Waals surface area contributed by atoms with Gasteiger partial charge in [0.05, 0.1) is 11.1 Å². The van der Waals surface area contributed by atoms with Crippen LogP contribution in [0.4, 0.5) is 40.8 Å². The predicted molar refractivity (Wildman–Crippen MR) is 116 cm³/mol. The van der Waals surface area contributed by atoms with Crippen LogP contribution in [0.1, 0.15) is 15.9 Å². The number of nitrogens with one attached hydrogen (secondary N) is 3. The summed E-state index contributed by atoms with van der Waals surface area (Å²) in [5, 5.41) is 11.5. The summed E-state index contributed by atoms with van der Waals surface area (Å²) < 4.78 is 39.8. The van der Waals surface area contributed by atoms with E-state index >= 15 is 0 Å². The Morgan fingerprint density at radius 3 is 2.27 bits per heavy atom. The van der Waals surface area contributed by atoms with E-state index < -0.39 is 23.7 Å². The van der Waals surface area contributed by atoms with Gasteiger partial charge in [-0.2, -0.15) is 18.3 Å². The predicted octanol–water partition coefficient (Wildman–Crippen LogP) is 4.23. The molecular weight excluding hydrogens is 439 g/mol. The quantitative estimate of drug-likeness (QED) is 0.366. The third-order valence-electron chi connectivity index (χ3n) is 4.58. The van der Waals surface area contributed by atoms with Gasteiger partial charge in [0.1, 0.15) is 11.8 Å². The molecular formula is C21H16F3N7O2. The summed E-state index contributed by atoms with van der Waals surface area (Å²) in [6.07, 6.45) is -1.66. The second-order valence-corrected chi connectivity index (χ2v) is 6.86. The first-order valence-electron chi connectivity index (χ1n) is 9.45. The lowest BCUT2D eigenvalue weighted by molar-refractivity contribution is -0.137. The van der Waals surface area contributed by atoms with Crippen LogP contribution in [0.2, 0.25) is 0 Å². The second kappa shape index (κ2) is 8.49. The van der Waals surface area contributed by atoms with Crippen LogP contribution in [0.15, 0.2) is 67.1 Å². The number of benzene rings is 2. The van der Waals surface area contributed by atoms with Crippen LogP contribution >= 0.6 is 0 Å². The molecule has 0 aliphatic rings. The van der Waals surface area contributed by atoms with Crippen molar-refractivity contribution in [3.63, 3.8) is 0 Å². The van der Waals surface area contributed by atoms with Crippen molar-refractivity contribution in [2.75, 3.05) is 21.7 Å². The number of rotatable bonds is 4. The van der Waals surface area contributed by atoms with Gasteiger partial charge in [0, 0.05) is 23.3 Å². The summed E-state index contributed by atoms with van der Waals surface area (Å²) in [5.41, 5.74) is 6.42. The van der Waals surface area contributed by atoms with E-state index in [-0.39, 0.29) is 17.1 Å². The average Bonchev–Trinajstić information content (AvgIpc) is 3.20. The molecule has 168 valence electrons. The Hall–Kier alpha value is -4.61. The third-order valence-corrected chi connectivity index (χ3v) is 4.58. The van der Waals surface area contributed by atoms with E-state index in [4.69, 9.17) is 5.73 Å². The number of halogens is 3. The van der Waals surface area contributed by atoms with Crippen LogP contribution in [0.3, 0.4) is 0 Å². The Kier molecular flexibility index (Phi) is 5.56. The minimum absolute atomic E-state index is 0.00532. The van der Waals surface area contributed by atoms with Crippen molar-refractivity contribution in [1.29, 1.82) is 0 Å². The van der Waals surface area contributed by atoms with E-state index in [1.165, 1.54) is 35.1 Å². The van der Waals surface area contributed by atoms with Gasteiger partial charge < -0.3 is 21.7 Å². The Morgan fingerprint density at radius 2 is 1.58 bits per heavy atom. The van der Waals surface area contributed by atoms with Gasteiger partial charge in [-0.25, -0.2) is 14.3 Å². The molecule has 0 aliphatic carbocycles. The molecule has 4 aromatic rings. The van der Waals surface area contributed by atoms with Crippen molar-refractivity contribution in [2.45, 2.75) is 6.18 Å². The maximum Gasteiger partial charge on any atom is 0.416 e. The molecule has 0 saturated heterocycles. The highest BCUT2D eigenvalue weighted by molar-refractivity contribution is 6.10. The molecule has 0 bridgehead atoms. The van der Waals surface area contributed by atoms with Crippen molar-refractivity contribution < 1.29 is 22.8 Å². The molecule has 2 aromatic heterocycles. The first-order chi connectivity index (χ1) is 15.7. The lowest BCUT2D eigenvalue weighted by Crippen LogP contribution is -2.20. The van der Waals surface area contributed by atoms with E-state index in [1.54, 1.807) is 24.4 Å². The highest BCUT2D eigenvalue weighted by atomic mass is 19.4. The summed E-state index contributed by atoms with van der Waals surface area (Å²) >= 11 is 0. The molecule has 0 atom stereocenters. The van der Waals surface area contributed by atoms with Crippen LogP contribution in [0.5, 0.6) is 0 Å². The molecule has 2 heterocycles. The Bertz CT molecular complexity index is 1330. The Morgan fingerprint density at radius 1 is 0.909 bits per heavy atom. The summed E-state index contributed by atoms with van der Waals surface area (Å²) in [5.74, 6) is -0.270. The lowest BCUT2D eigenvalue weighted by atomic mass is 10.2. The van der Waals surface area contributed by atoms with E-state index in [0.717, 1.165) is 12.1 Å². The number of carbonyl (C=O) groups is 2. The summed E-state index contributed by atoms with van der Waals surface area (Å²) in [7, 11) is 0. The van der Waals surface area contributed by atoms with Crippen molar-refractivity contribution in [3.05, 3.63) is 78.2 Å². The van der Waals surface area contributed by atoms with Gasteiger partial charge >= 0.3 is 12.2 Å². The SMILES string of the molecule is Nc1ncnn2ccc(C(=O)Nc3ccc(NC(=O)Nc4cccc(C(F)(F)F)c4)cc3)c12. The first-order valence-corrected chi connectivity index (χ1v) is 9.45. The number of alkyl halides is 3. The minimum Gasteiger partial charge on any atom is -0.382 e. The topological polar surface area (TPSA) is 126 Å². The van der Waals surface area contributed by atoms with Gasteiger partial charge in [-0.05, 0) is 48.5 Å². The van der Waals surface area contributed by atoms with Gasteiger partial charge in [0.25, 0.3) is 5.91 Å². The summed E-state index contributed by atoms with van der Waals surface area (Å²) in [6.45, 7) is 0. The number of amides is 3. The molecule has 4 rings (SSSR count). The number of nitrogens with two attached hydrogens (primary N) is 1. The first kappa shape index (κ1) is 21.6. The Labute approximate surface area is 184 Å². The fraction of sp³-hybridized carbons (Fsp3) is 0.0476. The van der Waals surface area contributed by atoms with E-state index in [9.17, 15) is 22.8 Å². The van der Waals surface area contributed by atoms with Gasteiger partial charge in [0.15, 0.2) is 5.82 Å². The number of nitrogens with zero attached hydrogens (tertiary/aromatic N) is 3. The van der Waals surface area contributed by atoms with Crippen LogP contribution < -0.4 is 21.7 Å². The second-order valence-electron chi connectivity index (χ2n) is 6.86. The number of hydrogen-bond donors (Lipinski definition) is 4. The van der Waals surface area contributed by atoms with Crippen LogP contribution in [-0.4, -0.2) is 26.5 Å². The smallest absolute Gasteiger partial charge is 0.382 e. The minimum atomic E-state index is -4.51. The van der Waals surface area contributed by atoms with Crippen LogP contribution in [0.25, 0.3) is 5.52 Å². The molecule has 0 aliphatic heterocycles. The molecule has 5 N–H and O–H groups in total. The maximum atomic E-state index is 12.8. The third kappa shape index (κ3) is 4.84. The van der Waals surface area contributed by atoms with Crippen LogP contribution in [0, 0.1) is 0 Å². The Balaban J connectivity index is 1.39. The fourth-order valence-electron chi connectivity index (χ4n) is 3.06. The highest BCUT2D eigenvalue weighted by Gasteiger charge is 2.30. The zero-order valence-electron chi connectivity index (χ0n) is 16.7. The normalized spacial score (nSPS) is 11.2. The number of fused-ring (bicyclic) bond motifs is 1. The molecule has 0 unspecified atom stereocenters. The van der Waals surface area contributed by atoms with E-state index in [0.29, 0.717) is 16.9 Å². The van der Waals surface area contributed by atoms with Crippen LogP contribution in [-0.2, 0) is 6.18 Å². The number of carbonyl (C=O) groups excluding carboxylic acids is 2. The number of hydrogen-bond acceptors (Lipinski definition) is 5. The average molecular weight is 455 g/mol. The number of aromatic nitrogens is 3. The zero-order chi connectivity index (χ0) is 23.6. The molecule has 2 aromatic carbocycles. The summed E-state index contributed by atoms with van der Waals surface area (Å²) in [6, 6.07) is 11.3. The molecule has 0 spiro atoms. The van der Waals surface area contributed by atoms with Crippen molar-refractivity contribution in [2.24, 2.45) is 0 Å². The zero-order valence-corrected chi connectivity index (χ0v) is 16.7. The van der Waals surface area contributed by atoms with Gasteiger partial charge in [-0.15, -0.1) is 0 Å². The molecule has 0 fully saturated rings. The molecule has 0 saturated carbocycles. The van der Waals surface area contributed by atoms with Crippen molar-refractivity contribution >= 4 is 40.3 Å². The maximum absolute atomic E-state index is 12.8. The molecule has 9 nitrogen and oxygen atoms in total. The fourth-order valence-corrected chi connectivity index (χ4v) is 3.06. The standard InChI is InChI=1S/C21H16F3N7O2/c22-21(23,24)12-2-1-3-15(10-12)30-20(33)29-14-6-4-13(5-7-14)28-19(32)16-8-9-31-17(16)18(25)26-11-27-31/h1-11H,(H,28,32)(H2,25,26,27)(H2,29,30,33). The summed E-state index contributed by atoms with van der Waals surface area (Å²) in [4.78, 5) is 28.6. The van der Waals surface area contributed by atoms with E-state index in [2.05, 4.69) is 26.0 Å². The van der Waals surface area contributed by atoms with Gasteiger partial charge in [-0.1, -0.05) is 6.07 Å². The number of anilines is 4. The molecule has 33 heavy (non-hydrogen) atoms. The van der Waals surface area contributed by atoms with Crippen molar-refractivity contribution in [3.8, 4) is 0 Å². The molecule has 12 heteroatoms. The van der Waals surface area contributed by atoms with E-state index in [1.807, 2.05) is 0 Å². The van der Waals surface area contributed by atoms with Gasteiger partial charge in [-0.3, -0.25) is 4.79 Å². The highest BCUT2D eigenvalue weighted by Crippen LogP contribution is 2.30. The largest absolute Gasteiger partial charge is 0.416 e. The van der Waals surface area contributed by atoms with Gasteiger partial charge in [0.2, 0.25) is 0 Å². The monoisotopic (exact) mass is 455 g/mol. The molecule has 0 radical (unpaired) electrons. The number of urea groups is 1. The number of nitrogen functional groups attached to an aromatic ring is 1. The van der Waals surface area contributed by atoms with Crippen molar-refractivity contribution in [1.82, 2.24) is 14.6 Å². The molecule has 3 amide bonds.